The van der Waals surface area contributed by atoms with Crippen molar-refractivity contribution in [3.05, 3.63) is 36.4 Å². The molecule has 0 unspecified atom stereocenters. The van der Waals surface area contributed by atoms with Crippen LogP contribution in [0.5, 0.6) is 5.75 Å². The summed E-state index contributed by atoms with van der Waals surface area (Å²) in [4.78, 5) is 0.375. The lowest BCUT2D eigenvalue weighted by Gasteiger charge is -2.34. The van der Waals surface area contributed by atoms with Gasteiger partial charge in [0.15, 0.2) is 0 Å². The van der Waals surface area contributed by atoms with Crippen molar-refractivity contribution in [2.45, 2.75) is 32.1 Å². The highest BCUT2D eigenvalue weighted by molar-refractivity contribution is 7.89. The smallest absolute Gasteiger partial charge is 0.243 e. The second-order valence-corrected chi connectivity index (χ2v) is 8.81. The van der Waals surface area contributed by atoms with Crippen LogP contribution in [0.1, 0.15) is 27.2 Å². The summed E-state index contributed by atoms with van der Waals surface area (Å²) in [5.41, 5.74) is 0. The molecular weight excluding hydrogens is 322 g/mol. The molecule has 1 saturated heterocycles. The molecule has 24 heavy (non-hydrogen) atoms. The third kappa shape index (κ3) is 3.42. The van der Waals surface area contributed by atoms with Crippen molar-refractivity contribution in [2.75, 3.05) is 19.7 Å². The van der Waals surface area contributed by atoms with Crippen molar-refractivity contribution in [3.63, 3.8) is 0 Å². The van der Waals surface area contributed by atoms with Crippen LogP contribution in [-0.4, -0.2) is 32.4 Å². The van der Waals surface area contributed by atoms with Crippen LogP contribution in [-0.2, 0) is 10.0 Å². The highest BCUT2D eigenvalue weighted by Gasteiger charge is 2.31. The van der Waals surface area contributed by atoms with Crippen LogP contribution in [0.15, 0.2) is 41.3 Å². The summed E-state index contributed by atoms with van der Waals surface area (Å²) in [6, 6.07) is 11.1. The standard InChI is InChI=1S/C19H25NO3S/c1-4-23-18-7-5-17-11-19(8-6-16(17)10-18)24(21,22)20-12-14(2)9-15(3)13-20/h5-8,10-11,14-15H,4,9,12-13H2,1-3H3/t14-,15+. The highest BCUT2D eigenvalue weighted by atomic mass is 32.2. The van der Waals surface area contributed by atoms with Gasteiger partial charge in [-0.25, -0.2) is 8.42 Å². The topological polar surface area (TPSA) is 46.6 Å². The van der Waals surface area contributed by atoms with E-state index < -0.39 is 10.0 Å². The fraction of sp³-hybridized carbons (Fsp3) is 0.474. The fourth-order valence-corrected chi connectivity index (χ4v) is 5.29. The van der Waals surface area contributed by atoms with E-state index in [4.69, 9.17) is 4.74 Å². The monoisotopic (exact) mass is 347 g/mol. The summed E-state index contributed by atoms with van der Waals surface area (Å²) < 4.78 is 33.1. The van der Waals surface area contributed by atoms with Crippen LogP contribution >= 0.6 is 0 Å². The Labute approximate surface area is 144 Å². The van der Waals surface area contributed by atoms with Gasteiger partial charge in [-0.1, -0.05) is 26.0 Å². The number of hydrogen-bond acceptors (Lipinski definition) is 3. The summed E-state index contributed by atoms with van der Waals surface area (Å²) in [6.45, 7) is 8.01. The minimum atomic E-state index is -3.44. The van der Waals surface area contributed by atoms with Gasteiger partial charge < -0.3 is 4.74 Å². The number of nitrogens with zero attached hydrogens (tertiary/aromatic N) is 1. The van der Waals surface area contributed by atoms with Gasteiger partial charge in [-0.3, -0.25) is 0 Å². The molecule has 0 saturated carbocycles. The zero-order valence-electron chi connectivity index (χ0n) is 14.5. The Morgan fingerprint density at radius 1 is 1.04 bits per heavy atom. The third-order valence-corrected chi connectivity index (χ3v) is 6.39. The van der Waals surface area contributed by atoms with Gasteiger partial charge in [-0.15, -0.1) is 0 Å². The van der Waals surface area contributed by atoms with Gasteiger partial charge in [0.25, 0.3) is 0 Å². The van der Waals surface area contributed by atoms with Gasteiger partial charge in [0, 0.05) is 13.1 Å². The number of ether oxygens (including phenoxy) is 1. The SMILES string of the molecule is CCOc1ccc2cc(S(=O)(=O)N3C[C@H](C)C[C@H](C)C3)ccc2c1. The van der Waals surface area contributed by atoms with E-state index in [9.17, 15) is 8.42 Å². The Morgan fingerprint density at radius 2 is 1.67 bits per heavy atom. The van der Waals surface area contributed by atoms with Crippen LogP contribution in [0.25, 0.3) is 10.8 Å². The molecule has 0 aliphatic carbocycles. The van der Waals surface area contributed by atoms with Crippen LogP contribution in [0.3, 0.4) is 0 Å². The van der Waals surface area contributed by atoms with Gasteiger partial charge in [-0.2, -0.15) is 4.31 Å². The summed E-state index contributed by atoms with van der Waals surface area (Å²) >= 11 is 0. The molecule has 0 aromatic heterocycles. The minimum absolute atomic E-state index is 0.375. The van der Waals surface area contributed by atoms with Crippen molar-refractivity contribution >= 4 is 20.8 Å². The van der Waals surface area contributed by atoms with Crippen LogP contribution in [0.2, 0.25) is 0 Å². The van der Waals surface area contributed by atoms with Gasteiger partial charge in [0.2, 0.25) is 10.0 Å². The maximum absolute atomic E-state index is 13.0. The predicted octanol–water partition coefficient (Wildman–Crippen LogP) is 3.91. The molecule has 1 aliphatic rings. The molecule has 4 nitrogen and oxygen atoms in total. The molecule has 1 heterocycles. The van der Waals surface area contributed by atoms with E-state index in [0.717, 1.165) is 22.9 Å². The molecule has 0 spiro atoms. The molecule has 2 aromatic carbocycles. The molecule has 130 valence electrons. The van der Waals surface area contributed by atoms with E-state index in [1.54, 1.807) is 16.4 Å². The zero-order valence-corrected chi connectivity index (χ0v) is 15.3. The first-order valence-electron chi connectivity index (χ1n) is 8.57. The Morgan fingerprint density at radius 3 is 2.33 bits per heavy atom. The van der Waals surface area contributed by atoms with Crippen molar-refractivity contribution < 1.29 is 13.2 Å². The second kappa shape index (κ2) is 6.73. The largest absolute Gasteiger partial charge is 0.494 e. The van der Waals surface area contributed by atoms with Crippen LogP contribution in [0.4, 0.5) is 0 Å². The Hall–Kier alpha value is -1.59. The van der Waals surface area contributed by atoms with Gasteiger partial charge in [0.1, 0.15) is 5.75 Å². The molecule has 2 atom stereocenters. The molecule has 0 amide bonds. The number of sulfonamides is 1. The second-order valence-electron chi connectivity index (χ2n) is 6.87. The highest BCUT2D eigenvalue weighted by Crippen LogP contribution is 2.29. The lowest BCUT2D eigenvalue weighted by Crippen LogP contribution is -2.42. The molecule has 3 rings (SSSR count). The van der Waals surface area contributed by atoms with Gasteiger partial charge in [0.05, 0.1) is 11.5 Å². The maximum atomic E-state index is 13.0. The lowest BCUT2D eigenvalue weighted by atomic mass is 9.94. The summed E-state index contributed by atoms with van der Waals surface area (Å²) in [7, 11) is -3.44. The van der Waals surface area contributed by atoms with E-state index in [1.807, 2.05) is 31.2 Å². The quantitative estimate of drug-likeness (QED) is 0.842. The number of benzene rings is 2. The van der Waals surface area contributed by atoms with Crippen molar-refractivity contribution in [1.82, 2.24) is 4.31 Å². The normalized spacial score (nSPS) is 22.6. The van der Waals surface area contributed by atoms with Crippen molar-refractivity contribution in [3.8, 4) is 5.75 Å². The molecule has 2 aromatic rings. The number of fused-ring (bicyclic) bond motifs is 1. The van der Waals surface area contributed by atoms with E-state index in [1.165, 1.54) is 0 Å². The van der Waals surface area contributed by atoms with E-state index in [0.29, 0.717) is 36.4 Å². The molecule has 5 heteroatoms. The first kappa shape index (κ1) is 17.2. The number of piperidine rings is 1. The van der Waals surface area contributed by atoms with E-state index >= 15 is 0 Å². The average Bonchev–Trinajstić information content (AvgIpc) is 2.53. The summed E-state index contributed by atoms with van der Waals surface area (Å²) in [5.74, 6) is 1.61. The third-order valence-electron chi connectivity index (χ3n) is 4.57. The van der Waals surface area contributed by atoms with E-state index in [2.05, 4.69) is 13.8 Å². The van der Waals surface area contributed by atoms with Gasteiger partial charge in [-0.05, 0) is 60.2 Å². The molecule has 0 bridgehead atoms. The van der Waals surface area contributed by atoms with Crippen molar-refractivity contribution in [2.24, 2.45) is 11.8 Å². The summed E-state index contributed by atoms with van der Waals surface area (Å²) in [5, 5.41) is 1.90. The molecule has 1 fully saturated rings. The minimum Gasteiger partial charge on any atom is -0.494 e. The Balaban J connectivity index is 1.94. The number of rotatable bonds is 4. The van der Waals surface area contributed by atoms with E-state index in [-0.39, 0.29) is 0 Å². The summed E-state index contributed by atoms with van der Waals surface area (Å²) in [6.07, 6.45) is 1.09. The number of hydrogen-bond donors (Lipinski definition) is 0. The first-order valence-corrected chi connectivity index (χ1v) is 10.0. The molecule has 0 radical (unpaired) electrons. The lowest BCUT2D eigenvalue weighted by molar-refractivity contribution is 0.222. The molecule has 0 N–H and O–H groups in total. The molecule has 1 aliphatic heterocycles. The Bertz CT molecular complexity index is 822. The van der Waals surface area contributed by atoms with Crippen LogP contribution < -0.4 is 4.74 Å². The predicted molar refractivity (Wildman–Crippen MR) is 96.8 cm³/mol. The average molecular weight is 347 g/mol. The van der Waals surface area contributed by atoms with Crippen molar-refractivity contribution in [1.29, 1.82) is 0 Å². The maximum Gasteiger partial charge on any atom is 0.243 e. The zero-order chi connectivity index (χ0) is 17.3. The molecular formula is C19H25NO3S. The fourth-order valence-electron chi connectivity index (χ4n) is 3.57. The van der Waals surface area contributed by atoms with Gasteiger partial charge >= 0.3 is 0 Å². The first-order chi connectivity index (χ1) is 11.4. The Kier molecular flexibility index (Phi) is 4.83. The van der Waals surface area contributed by atoms with Crippen LogP contribution in [0, 0.1) is 11.8 Å².